The monoisotopic (exact) mass is 312 g/mol. The number of hydrogen-bond donors (Lipinski definition) is 1. The number of nitrogens with zero attached hydrogens (tertiary/aromatic N) is 1. The molecule has 1 aliphatic heterocycles. The molecule has 1 fully saturated rings. The van der Waals surface area contributed by atoms with Crippen molar-refractivity contribution in [3.8, 4) is 0 Å². The minimum absolute atomic E-state index is 0.0574. The minimum atomic E-state index is -0.397. The maximum Gasteiger partial charge on any atom is 0.269 e. The Kier molecular flexibility index (Phi) is 4.93. The van der Waals surface area contributed by atoms with Gasteiger partial charge in [0.05, 0.1) is 4.92 Å². The van der Waals surface area contributed by atoms with Gasteiger partial charge in [-0.25, -0.2) is 0 Å². The van der Waals surface area contributed by atoms with Crippen LogP contribution < -0.4 is 5.32 Å². The number of hydrogen-bond acceptors (Lipinski definition) is 5. The predicted octanol–water partition coefficient (Wildman–Crippen LogP) is 2.75. The van der Waals surface area contributed by atoms with Crippen LogP contribution in [0.15, 0.2) is 24.3 Å². The molecule has 1 aliphatic rings. The Bertz CT molecular complexity index is 499. The van der Waals surface area contributed by atoms with Crippen LogP contribution in [0, 0.1) is 10.1 Å². The van der Waals surface area contributed by atoms with E-state index < -0.39 is 4.92 Å². The molecule has 1 amide bonds. The molecule has 0 atom stereocenters. The van der Waals surface area contributed by atoms with Gasteiger partial charge in [-0.05, 0) is 35.6 Å². The third kappa shape index (κ3) is 3.46. The first kappa shape index (κ1) is 15.2. The maximum absolute atomic E-state index is 11.2. The van der Waals surface area contributed by atoms with E-state index in [-0.39, 0.29) is 15.7 Å². The smallest absolute Gasteiger partial charge is 0.269 e. The van der Waals surface area contributed by atoms with Gasteiger partial charge >= 0.3 is 0 Å². The molecule has 0 bridgehead atoms. The summed E-state index contributed by atoms with van der Waals surface area (Å²) in [5.74, 6) is 2.01. The van der Waals surface area contributed by atoms with Gasteiger partial charge in [0.2, 0.25) is 5.91 Å². The Morgan fingerprint density at radius 2 is 1.95 bits per heavy atom. The van der Waals surface area contributed by atoms with E-state index in [0.29, 0.717) is 6.54 Å². The zero-order valence-corrected chi connectivity index (χ0v) is 12.8. The van der Waals surface area contributed by atoms with Crippen LogP contribution in [0.25, 0.3) is 0 Å². The van der Waals surface area contributed by atoms with Crippen molar-refractivity contribution >= 4 is 35.1 Å². The number of thioether (sulfide) groups is 2. The fourth-order valence-corrected chi connectivity index (χ4v) is 5.23. The number of nitro benzene ring substituents is 1. The highest BCUT2D eigenvalue weighted by atomic mass is 32.2. The molecule has 1 N–H and O–H groups in total. The second-order valence-corrected chi connectivity index (χ2v) is 7.56. The third-order valence-electron chi connectivity index (χ3n) is 3.05. The zero-order chi connectivity index (χ0) is 14.6. The van der Waals surface area contributed by atoms with Crippen LogP contribution in [-0.2, 0) is 8.87 Å². The molecule has 1 saturated heterocycles. The quantitative estimate of drug-likeness (QED) is 0.683. The van der Waals surface area contributed by atoms with Gasteiger partial charge in [-0.2, -0.15) is 0 Å². The highest BCUT2D eigenvalue weighted by Gasteiger charge is 2.36. The van der Waals surface area contributed by atoms with E-state index in [1.54, 1.807) is 35.7 Å². The summed E-state index contributed by atoms with van der Waals surface area (Å²) < 4.78 is -0.237. The van der Waals surface area contributed by atoms with E-state index in [1.165, 1.54) is 19.1 Å². The zero-order valence-electron chi connectivity index (χ0n) is 11.1. The van der Waals surface area contributed by atoms with Crippen LogP contribution in [0.2, 0.25) is 0 Å². The second-order valence-electron chi connectivity index (χ2n) is 4.52. The lowest BCUT2D eigenvalue weighted by Gasteiger charge is -2.36. The van der Waals surface area contributed by atoms with Crippen molar-refractivity contribution in [1.82, 2.24) is 5.32 Å². The van der Waals surface area contributed by atoms with E-state index in [9.17, 15) is 14.9 Å². The normalized spacial score (nSPS) is 17.4. The summed E-state index contributed by atoms with van der Waals surface area (Å²) in [6.45, 7) is 2.04. The maximum atomic E-state index is 11.2. The van der Waals surface area contributed by atoms with Gasteiger partial charge in [0, 0.05) is 25.6 Å². The number of nitro groups is 1. The first-order valence-electron chi connectivity index (χ1n) is 6.31. The lowest BCUT2D eigenvalue weighted by atomic mass is 10.1. The van der Waals surface area contributed by atoms with Crippen LogP contribution in [-0.4, -0.2) is 28.9 Å². The molecule has 0 unspecified atom stereocenters. The first-order chi connectivity index (χ1) is 9.53. The minimum Gasteiger partial charge on any atom is -0.354 e. The number of nitrogens with one attached hydrogen (secondary N) is 1. The molecular formula is C13H16N2O3S2. The van der Waals surface area contributed by atoms with Crippen molar-refractivity contribution in [3.63, 3.8) is 0 Å². The molecular weight excluding hydrogens is 296 g/mol. The SMILES string of the molecule is CC(=O)NCC1(c2ccc([N+](=O)[O-])cc2)SCCCS1. The summed E-state index contributed by atoms with van der Waals surface area (Å²) >= 11 is 3.60. The molecule has 0 aliphatic carbocycles. The van der Waals surface area contributed by atoms with Crippen molar-refractivity contribution in [1.29, 1.82) is 0 Å². The fourth-order valence-electron chi connectivity index (χ4n) is 2.02. The van der Waals surface area contributed by atoms with Gasteiger partial charge in [-0.3, -0.25) is 14.9 Å². The average molecular weight is 312 g/mol. The Hall–Kier alpha value is -1.21. The Labute approximate surface area is 126 Å². The van der Waals surface area contributed by atoms with Crippen molar-refractivity contribution in [2.75, 3.05) is 18.1 Å². The summed E-state index contributed by atoms with van der Waals surface area (Å²) in [4.78, 5) is 21.5. The molecule has 2 rings (SSSR count). The number of carbonyl (C=O) groups is 1. The van der Waals surface area contributed by atoms with Crippen LogP contribution in [0.4, 0.5) is 5.69 Å². The fraction of sp³-hybridized carbons (Fsp3) is 0.462. The topological polar surface area (TPSA) is 72.2 Å². The third-order valence-corrected chi connectivity index (χ3v) is 6.43. The Morgan fingerprint density at radius 1 is 1.35 bits per heavy atom. The predicted molar refractivity (Wildman–Crippen MR) is 83.0 cm³/mol. The molecule has 0 saturated carbocycles. The molecule has 5 nitrogen and oxygen atoms in total. The van der Waals surface area contributed by atoms with Gasteiger partial charge in [0.1, 0.15) is 4.08 Å². The number of rotatable bonds is 4. The summed E-state index contributed by atoms with van der Waals surface area (Å²) in [7, 11) is 0. The van der Waals surface area contributed by atoms with Gasteiger partial charge in [-0.1, -0.05) is 0 Å². The highest BCUT2D eigenvalue weighted by molar-refractivity contribution is 8.18. The first-order valence-corrected chi connectivity index (χ1v) is 8.28. The summed E-state index contributed by atoms with van der Waals surface area (Å²) in [5.41, 5.74) is 1.11. The number of amides is 1. The van der Waals surface area contributed by atoms with Crippen molar-refractivity contribution in [3.05, 3.63) is 39.9 Å². The molecule has 1 heterocycles. The standard InChI is InChI=1S/C13H16N2O3S2/c1-10(16)14-9-13(19-7-2-8-20-13)11-3-5-12(6-4-11)15(17)18/h3-6H,2,7-9H2,1H3,(H,14,16). The molecule has 20 heavy (non-hydrogen) atoms. The van der Waals surface area contributed by atoms with E-state index in [0.717, 1.165) is 23.5 Å². The van der Waals surface area contributed by atoms with Gasteiger partial charge in [0.25, 0.3) is 5.69 Å². The van der Waals surface area contributed by atoms with Gasteiger partial charge in [0.15, 0.2) is 0 Å². The van der Waals surface area contributed by atoms with Gasteiger partial charge < -0.3 is 5.32 Å². The number of carbonyl (C=O) groups excluding carboxylic acids is 1. The van der Waals surface area contributed by atoms with Crippen molar-refractivity contribution in [2.24, 2.45) is 0 Å². The van der Waals surface area contributed by atoms with Crippen LogP contribution in [0.5, 0.6) is 0 Å². The molecule has 0 spiro atoms. The van der Waals surface area contributed by atoms with Gasteiger partial charge in [-0.15, -0.1) is 23.5 Å². The van der Waals surface area contributed by atoms with E-state index >= 15 is 0 Å². The van der Waals surface area contributed by atoms with Crippen LogP contribution in [0.3, 0.4) is 0 Å². The number of non-ortho nitro benzene ring substituents is 1. The molecule has 7 heteroatoms. The van der Waals surface area contributed by atoms with Crippen LogP contribution >= 0.6 is 23.5 Å². The summed E-state index contributed by atoms with van der Waals surface area (Å²) in [6.07, 6.45) is 1.14. The Balaban J connectivity index is 2.25. The lowest BCUT2D eigenvalue weighted by molar-refractivity contribution is -0.384. The van der Waals surface area contributed by atoms with Crippen molar-refractivity contribution < 1.29 is 9.72 Å². The highest BCUT2D eigenvalue weighted by Crippen LogP contribution is 2.49. The largest absolute Gasteiger partial charge is 0.354 e. The molecule has 0 radical (unpaired) electrons. The van der Waals surface area contributed by atoms with Crippen LogP contribution in [0.1, 0.15) is 18.9 Å². The molecule has 1 aromatic rings. The lowest BCUT2D eigenvalue weighted by Crippen LogP contribution is -2.37. The summed E-state index contributed by atoms with van der Waals surface area (Å²) in [5, 5.41) is 13.6. The second kappa shape index (κ2) is 6.49. The van der Waals surface area contributed by atoms with Crippen molar-refractivity contribution in [2.45, 2.75) is 17.4 Å². The molecule has 0 aromatic heterocycles. The van der Waals surface area contributed by atoms with E-state index in [2.05, 4.69) is 5.32 Å². The number of benzene rings is 1. The summed E-state index contributed by atoms with van der Waals surface area (Å²) in [6, 6.07) is 6.65. The molecule has 1 aromatic carbocycles. The van der Waals surface area contributed by atoms with E-state index in [4.69, 9.17) is 0 Å². The van der Waals surface area contributed by atoms with E-state index in [1.807, 2.05) is 0 Å². The molecule has 108 valence electrons. The Morgan fingerprint density at radius 3 is 2.45 bits per heavy atom. The average Bonchev–Trinajstić information content (AvgIpc) is 2.46.